The first kappa shape index (κ1) is 11.9. The van der Waals surface area contributed by atoms with Gasteiger partial charge in [0.2, 0.25) is 0 Å². The fraction of sp³-hybridized carbons (Fsp3) is 0.143. The van der Waals surface area contributed by atoms with Crippen molar-refractivity contribution < 1.29 is 4.74 Å². The Hall–Kier alpha value is -1.58. The van der Waals surface area contributed by atoms with Crippen molar-refractivity contribution in [2.75, 3.05) is 13.6 Å². The van der Waals surface area contributed by atoms with E-state index in [0.29, 0.717) is 0 Å². The molecule has 0 saturated heterocycles. The molecule has 3 heteroatoms. The summed E-state index contributed by atoms with van der Waals surface area (Å²) in [5.74, 6) is 0.891. The summed E-state index contributed by atoms with van der Waals surface area (Å²) in [4.78, 5) is 0. The summed E-state index contributed by atoms with van der Waals surface area (Å²) in [5, 5.41) is 6.02. The maximum atomic E-state index is 5.88. The van der Waals surface area contributed by atoms with E-state index < -0.39 is 0 Å². The van der Waals surface area contributed by atoms with Crippen LogP contribution in [0.2, 0.25) is 0 Å². The van der Waals surface area contributed by atoms with Gasteiger partial charge in [0, 0.05) is 12.1 Å². The summed E-state index contributed by atoms with van der Waals surface area (Å²) in [5.41, 5.74) is 1.09. The van der Waals surface area contributed by atoms with Crippen molar-refractivity contribution in [1.82, 2.24) is 5.32 Å². The molecular weight excluding hydrogens is 230 g/mol. The highest BCUT2D eigenvalue weighted by molar-refractivity contribution is 7.11. The van der Waals surface area contributed by atoms with Crippen LogP contribution in [0.15, 0.2) is 53.9 Å². The summed E-state index contributed by atoms with van der Waals surface area (Å²) < 4.78 is 5.88. The first-order valence-corrected chi connectivity index (χ1v) is 6.39. The van der Waals surface area contributed by atoms with Gasteiger partial charge < -0.3 is 10.1 Å². The maximum absolute atomic E-state index is 5.88. The zero-order valence-electron chi connectivity index (χ0n) is 9.72. The Bertz CT molecular complexity index is 462. The van der Waals surface area contributed by atoms with Crippen LogP contribution < -0.4 is 10.1 Å². The lowest BCUT2D eigenvalue weighted by Gasteiger charge is -2.08. The fourth-order valence-corrected chi connectivity index (χ4v) is 2.03. The summed E-state index contributed by atoms with van der Waals surface area (Å²) in [6, 6.07) is 14.1. The Morgan fingerprint density at radius 3 is 2.71 bits per heavy atom. The molecule has 0 bridgehead atoms. The van der Waals surface area contributed by atoms with Gasteiger partial charge >= 0.3 is 0 Å². The molecule has 0 aliphatic carbocycles. The minimum absolute atomic E-state index is 0.787. The maximum Gasteiger partial charge on any atom is 0.180 e. The molecule has 0 aliphatic heterocycles. The Balaban J connectivity index is 2.20. The van der Waals surface area contributed by atoms with Gasteiger partial charge in [-0.2, -0.15) is 0 Å². The van der Waals surface area contributed by atoms with E-state index in [0.717, 1.165) is 22.9 Å². The third-order valence-corrected chi connectivity index (χ3v) is 3.00. The summed E-state index contributed by atoms with van der Waals surface area (Å²) in [6.45, 7) is 0.787. The molecule has 0 aliphatic rings. The minimum Gasteiger partial charge on any atom is -0.446 e. The molecule has 0 amide bonds. The first-order valence-electron chi connectivity index (χ1n) is 5.51. The molecule has 0 atom stereocenters. The average molecular weight is 245 g/mol. The van der Waals surface area contributed by atoms with E-state index in [-0.39, 0.29) is 0 Å². The topological polar surface area (TPSA) is 21.3 Å². The second kappa shape index (κ2) is 6.23. The van der Waals surface area contributed by atoms with Crippen molar-refractivity contribution in [2.24, 2.45) is 0 Å². The number of hydrogen-bond acceptors (Lipinski definition) is 3. The lowest BCUT2D eigenvalue weighted by molar-refractivity contribution is 0.527. The van der Waals surface area contributed by atoms with Crippen molar-refractivity contribution in [2.45, 2.75) is 0 Å². The van der Waals surface area contributed by atoms with Crippen molar-refractivity contribution in [3.05, 3.63) is 59.5 Å². The smallest absolute Gasteiger partial charge is 0.180 e. The standard InChI is InChI=1S/C14H15NOS/c1-15-10-9-13(12-6-3-2-4-7-12)16-14-8-5-11-17-14/h2-9,11,15H,10H2,1H3. The molecule has 1 aromatic carbocycles. The third kappa shape index (κ3) is 3.44. The van der Waals surface area contributed by atoms with Crippen LogP contribution in [0, 0.1) is 0 Å². The van der Waals surface area contributed by atoms with Gasteiger partial charge in [0.1, 0.15) is 5.76 Å². The molecule has 1 aromatic heterocycles. The quantitative estimate of drug-likeness (QED) is 0.815. The lowest BCUT2D eigenvalue weighted by atomic mass is 10.2. The van der Waals surface area contributed by atoms with E-state index in [1.54, 1.807) is 11.3 Å². The number of likely N-dealkylation sites (N-methyl/N-ethyl adjacent to an activating group) is 1. The highest BCUT2D eigenvalue weighted by Gasteiger charge is 2.04. The predicted octanol–water partition coefficient (Wildman–Crippen LogP) is 3.39. The Kier molecular flexibility index (Phi) is 4.36. The molecule has 2 nitrogen and oxygen atoms in total. The van der Waals surface area contributed by atoms with Crippen LogP contribution in [0.3, 0.4) is 0 Å². The zero-order valence-corrected chi connectivity index (χ0v) is 10.5. The van der Waals surface area contributed by atoms with Gasteiger partial charge in [-0.05, 0) is 30.6 Å². The SMILES string of the molecule is CNCC=C(Oc1cccs1)c1ccccc1. The van der Waals surface area contributed by atoms with Crippen molar-refractivity contribution in [1.29, 1.82) is 0 Å². The number of rotatable bonds is 5. The summed E-state index contributed by atoms with van der Waals surface area (Å²) in [7, 11) is 1.92. The average Bonchev–Trinajstić information content (AvgIpc) is 2.88. The van der Waals surface area contributed by atoms with Crippen molar-refractivity contribution in [3.8, 4) is 5.06 Å². The van der Waals surface area contributed by atoms with Crippen LogP contribution in [0.1, 0.15) is 5.56 Å². The van der Waals surface area contributed by atoms with E-state index in [2.05, 4.69) is 23.5 Å². The number of nitrogens with one attached hydrogen (secondary N) is 1. The number of benzene rings is 1. The summed E-state index contributed by atoms with van der Waals surface area (Å²) >= 11 is 1.60. The lowest BCUT2D eigenvalue weighted by Crippen LogP contribution is -2.06. The molecule has 0 radical (unpaired) electrons. The van der Waals surface area contributed by atoms with Crippen LogP contribution in [0.4, 0.5) is 0 Å². The normalized spacial score (nSPS) is 11.5. The molecule has 1 heterocycles. The molecule has 2 rings (SSSR count). The highest BCUT2D eigenvalue weighted by atomic mass is 32.1. The fourth-order valence-electron chi connectivity index (χ4n) is 1.45. The first-order chi connectivity index (χ1) is 8.40. The van der Waals surface area contributed by atoms with Gasteiger partial charge in [0.05, 0.1) is 0 Å². The van der Waals surface area contributed by atoms with E-state index in [1.807, 2.05) is 42.8 Å². The van der Waals surface area contributed by atoms with Gasteiger partial charge in [-0.25, -0.2) is 0 Å². The molecule has 1 N–H and O–H groups in total. The molecule has 0 fully saturated rings. The van der Waals surface area contributed by atoms with E-state index >= 15 is 0 Å². The second-order valence-corrected chi connectivity index (χ2v) is 4.44. The molecule has 17 heavy (non-hydrogen) atoms. The number of hydrogen-bond donors (Lipinski definition) is 1. The molecule has 88 valence electrons. The van der Waals surface area contributed by atoms with E-state index in [4.69, 9.17) is 4.74 Å². The molecule has 0 unspecified atom stereocenters. The largest absolute Gasteiger partial charge is 0.446 e. The highest BCUT2D eigenvalue weighted by Crippen LogP contribution is 2.25. The van der Waals surface area contributed by atoms with Crippen LogP contribution in [0.25, 0.3) is 5.76 Å². The van der Waals surface area contributed by atoms with E-state index in [1.165, 1.54) is 0 Å². The third-order valence-electron chi connectivity index (χ3n) is 2.26. The Morgan fingerprint density at radius 1 is 1.24 bits per heavy atom. The number of thiophene rings is 1. The molecule has 2 aromatic rings. The molecule has 0 spiro atoms. The van der Waals surface area contributed by atoms with Gasteiger partial charge in [0.25, 0.3) is 0 Å². The molecular formula is C14H15NOS. The second-order valence-electron chi connectivity index (χ2n) is 3.53. The van der Waals surface area contributed by atoms with Crippen LogP contribution in [-0.4, -0.2) is 13.6 Å². The van der Waals surface area contributed by atoms with E-state index in [9.17, 15) is 0 Å². The van der Waals surface area contributed by atoms with Crippen LogP contribution >= 0.6 is 11.3 Å². The van der Waals surface area contributed by atoms with Crippen molar-refractivity contribution in [3.63, 3.8) is 0 Å². The van der Waals surface area contributed by atoms with Gasteiger partial charge in [-0.15, -0.1) is 11.3 Å². The van der Waals surface area contributed by atoms with Gasteiger partial charge in [-0.1, -0.05) is 30.3 Å². The zero-order chi connectivity index (χ0) is 11.9. The Labute approximate surface area is 106 Å². The van der Waals surface area contributed by atoms with Crippen LogP contribution in [0.5, 0.6) is 5.06 Å². The molecule has 0 saturated carbocycles. The summed E-state index contributed by atoms with van der Waals surface area (Å²) in [6.07, 6.45) is 2.05. The predicted molar refractivity (Wildman–Crippen MR) is 73.3 cm³/mol. The Morgan fingerprint density at radius 2 is 2.06 bits per heavy atom. The van der Waals surface area contributed by atoms with Crippen molar-refractivity contribution >= 4 is 17.1 Å². The van der Waals surface area contributed by atoms with Gasteiger partial charge in [-0.3, -0.25) is 0 Å². The number of ether oxygens (including phenoxy) is 1. The monoisotopic (exact) mass is 245 g/mol. The minimum atomic E-state index is 0.787. The van der Waals surface area contributed by atoms with Gasteiger partial charge in [0.15, 0.2) is 5.06 Å². The van der Waals surface area contributed by atoms with Crippen LogP contribution in [-0.2, 0) is 0 Å².